The van der Waals surface area contributed by atoms with Gasteiger partial charge in [0, 0.05) is 12.3 Å². The quantitative estimate of drug-likeness (QED) is 0.586. The van der Waals surface area contributed by atoms with Crippen molar-refractivity contribution in [3.63, 3.8) is 0 Å². The molecule has 0 bridgehead atoms. The minimum Gasteiger partial charge on any atom is -0.497 e. The van der Waals surface area contributed by atoms with Crippen molar-refractivity contribution in [3.8, 4) is 23.3 Å². The lowest BCUT2D eigenvalue weighted by molar-refractivity contribution is 0.283. The Kier molecular flexibility index (Phi) is 6.54. The van der Waals surface area contributed by atoms with E-state index < -0.39 is 0 Å². The summed E-state index contributed by atoms with van der Waals surface area (Å²) in [5.41, 5.74) is 1.95. The molecule has 29 heavy (non-hydrogen) atoms. The fourth-order valence-corrected chi connectivity index (χ4v) is 2.89. The highest BCUT2D eigenvalue weighted by Gasteiger charge is 2.09. The van der Waals surface area contributed by atoms with Crippen LogP contribution < -0.4 is 19.6 Å². The Balaban J connectivity index is 1.64. The second-order valence-corrected chi connectivity index (χ2v) is 6.41. The molecule has 0 saturated carbocycles. The van der Waals surface area contributed by atoms with E-state index in [0.717, 1.165) is 22.8 Å². The molecule has 6 nitrogen and oxygen atoms in total. The zero-order chi connectivity index (χ0) is 20.6. The first-order valence-corrected chi connectivity index (χ1v) is 9.19. The first-order valence-electron chi connectivity index (χ1n) is 9.19. The van der Waals surface area contributed by atoms with E-state index in [9.17, 15) is 4.79 Å². The van der Waals surface area contributed by atoms with Gasteiger partial charge in [-0.15, -0.1) is 0 Å². The van der Waals surface area contributed by atoms with Crippen LogP contribution >= 0.6 is 0 Å². The first-order chi connectivity index (χ1) is 14.1. The van der Waals surface area contributed by atoms with Crippen molar-refractivity contribution in [1.82, 2.24) is 4.57 Å². The Hall–Kier alpha value is -3.72. The van der Waals surface area contributed by atoms with E-state index in [0.29, 0.717) is 24.5 Å². The first kappa shape index (κ1) is 20.0. The van der Waals surface area contributed by atoms with E-state index in [2.05, 4.69) is 6.07 Å². The monoisotopic (exact) mass is 390 g/mol. The molecule has 0 spiro atoms. The smallest absolute Gasteiger partial charge is 0.223 e. The number of methoxy groups -OCH3 is 1. The van der Waals surface area contributed by atoms with Crippen molar-refractivity contribution >= 4 is 0 Å². The number of rotatable bonds is 8. The summed E-state index contributed by atoms with van der Waals surface area (Å²) in [6.45, 7) is 3.08. The molecule has 0 fully saturated rings. The van der Waals surface area contributed by atoms with Gasteiger partial charge < -0.3 is 18.8 Å². The minimum absolute atomic E-state index is 0.175. The van der Waals surface area contributed by atoms with Crippen LogP contribution in [-0.2, 0) is 13.2 Å². The van der Waals surface area contributed by atoms with Crippen molar-refractivity contribution in [1.29, 1.82) is 5.26 Å². The van der Waals surface area contributed by atoms with E-state index in [1.54, 1.807) is 31.5 Å². The lowest BCUT2D eigenvalue weighted by atomic mass is 10.1. The fraction of sp³-hybridized carbons (Fsp3) is 0.217. The molecule has 0 aliphatic rings. The summed E-state index contributed by atoms with van der Waals surface area (Å²) in [5.74, 6) is 1.83. The molecule has 2 aromatic carbocycles. The molecule has 3 rings (SSSR count). The Morgan fingerprint density at radius 3 is 2.52 bits per heavy atom. The van der Waals surface area contributed by atoms with Gasteiger partial charge >= 0.3 is 0 Å². The van der Waals surface area contributed by atoms with E-state index in [1.807, 2.05) is 41.8 Å². The molecule has 0 aliphatic carbocycles. The van der Waals surface area contributed by atoms with E-state index in [4.69, 9.17) is 19.5 Å². The van der Waals surface area contributed by atoms with Crippen LogP contribution in [0.3, 0.4) is 0 Å². The highest BCUT2D eigenvalue weighted by molar-refractivity contribution is 5.34. The molecule has 0 radical (unpaired) electrons. The number of benzene rings is 2. The normalized spacial score (nSPS) is 10.2. The summed E-state index contributed by atoms with van der Waals surface area (Å²) in [6, 6.07) is 18.1. The number of hydrogen-bond donors (Lipinski definition) is 0. The van der Waals surface area contributed by atoms with E-state index in [1.165, 1.54) is 6.07 Å². The number of aromatic nitrogens is 1. The predicted molar refractivity (Wildman–Crippen MR) is 109 cm³/mol. The van der Waals surface area contributed by atoms with Crippen LogP contribution in [0.5, 0.6) is 17.2 Å². The molecule has 6 heteroatoms. The molecule has 0 atom stereocenters. The zero-order valence-electron chi connectivity index (χ0n) is 16.4. The van der Waals surface area contributed by atoms with Crippen molar-refractivity contribution in [3.05, 3.63) is 87.8 Å². The summed E-state index contributed by atoms with van der Waals surface area (Å²) in [5, 5.41) is 9.00. The molecule has 0 amide bonds. The third kappa shape index (κ3) is 5.17. The number of nitrogens with zero attached hydrogens (tertiary/aromatic N) is 2. The molecular weight excluding hydrogens is 368 g/mol. The van der Waals surface area contributed by atoms with Crippen molar-refractivity contribution in [2.24, 2.45) is 0 Å². The van der Waals surface area contributed by atoms with Gasteiger partial charge in [0.15, 0.2) is 5.75 Å². The topological polar surface area (TPSA) is 73.5 Å². The maximum atomic E-state index is 12.3. The SMILES string of the molecule is COc1ccc(OCCn2ccc(=O)c(OCc3cccc(C#N)c3)c2C)cc1. The van der Waals surface area contributed by atoms with Crippen LogP contribution in [0.25, 0.3) is 0 Å². The Morgan fingerprint density at radius 2 is 1.79 bits per heavy atom. The van der Waals surface area contributed by atoms with Gasteiger partial charge in [-0.05, 0) is 48.9 Å². The summed E-state index contributed by atoms with van der Waals surface area (Å²) < 4.78 is 18.6. The zero-order valence-corrected chi connectivity index (χ0v) is 16.4. The van der Waals surface area contributed by atoms with Crippen LogP contribution in [-0.4, -0.2) is 18.3 Å². The number of ether oxygens (including phenoxy) is 3. The molecule has 148 valence electrons. The van der Waals surface area contributed by atoms with Gasteiger partial charge in [0.05, 0.1) is 31.0 Å². The molecule has 0 unspecified atom stereocenters. The summed E-state index contributed by atoms with van der Waals surface area (Å²) in [7, 11) is 1.62. The maximum absolute atomic E-state index is 12.3. The largest absolute Gasteiger partial charge is 0.497 e. The highest BCUT2D eigenvalue weighted by Crippen LogP contribution is 2.18. The summed E-state index contributed by atoms with van der Waals surface area (Å²) >= 11 is 0. The third-order valence-electron chi connectivity index (χ3n) is 4.49. The van der Waals surface area contributed by atoms with E-state index in [-0.39, 0.29) is 12.0 Å². The van der Waals surface area contributed by atoms with Gasteiger partial charge in [-0.3, -0.25) is 4.79 Å². The van der Waals surface area contributed by atoms with Crippen LogP contribution in [0.4, 0.5) is 0 Å². The molecule has 1 aromatic heterocycles. The number of nitriles is 1. The second-order valence-electron chi connectivity index (χ2n) is 6.41. The average Bonchev–Trinajstić information content (AvgIpc) is 2.76. The fourth-order valence-electron chi connectivity index (χ4n) is 2.89. The average molecular weight is 390 g/mol. The second kappa shape index (κ2) is 9.47. The Morgan fingerprint density at radius 1 is 1.03 bits per heavy atom. The van der Waals surface area contributed by atoms with Crippen LogP contribution in [0.2, 0.25) is 0 Å². The van der Waals surface area contributed by atoms with Gasteiger partial charge in [-0.25, -0.2) is 0 Å². The molecule has 1 heterocycles. The van der Waals surface area contributed by atoms with Gasteiger partial charge in [0.25, 0.3) is 0 Å². The number of pyridine rings is 1. The van der Waals surface area contributed by atoms with Crippen molar-refractivity contribution in [2.75, 3.05) is 13.7 Å². The molecule has 0 aliphatic heterocycles. The Labute approximate surface area is 169 Å². The van der Waals surface area contributed by atoms with Gasteiger partial charge in [-0.1, -0.05) is 12.1 Å². The lowest BCUT2D eigenvalue weighted by Crippen LogP contribution is -2.17. The molecule has 0 saturated heterocycles. The van der Waals surface area contributed by atoms with Crippen molar-refractivity contribution in [2.45, 2.75) is 20.1 Å². The van der Waals surface area contributed by atoms with Gasteiger partial charge in [0.2, 0.25) is 5.43 Å². The predicted octanol–water partition coefficient (Wildman–Crippen LogP) is 3.70. The van der Waals surface area contributed by atoms with Crippen LogP contribution in [0.15, 0.2) is 65.6 Å². The van der Waals surface area contributed by atoms with Gasteiger partial charge in [0.1, 0.15) is 24.7 Å². The standard InChI is InChI=1S/C23H22N2O4/c1-17-23(29-16-19-5-3-4-18(14-19)15-24)22(26)10-11-25(17)12-13-28-21-8-6-20(27-2)7-9-21/h3-11,14H,12-13,16H2,1-2H3. The summed E-state index contributed by atoms with van der Waals surface area (Å²) in [4.78, 5) is 12.3. The molecule has 3 aromatic rings. The van der Waals surface area contributed by atoms with Gasteiger partial charge in [-0.2, -0.15) is 5.26 Å². The lowest BCUT2D eigenvalue weighted by Gasteiger charge is -2.15. The molecular formula is C23H22N2O4. The van der Waals surface area contributed by atoms with E-state index >= 15 is 0 Å². The number of hydrogen-bond acceptors (Lipinski definition) is 5. The minimum atomic E-state index is -0.175. The van der Waals surface area contributed by atoms with Crippen molar-refractivity contribution < 1.29 is 14.2 Å². The maximum Gasteiger partial charge on any atom is 0.223 e. The molecule has 0 N–H and O–H groups in total. The Bertz CT molecular complexity index is 1070. The summed E-state index contributed by atoms with van der Waals surface area (Å²) in [6.07, 6.45) is 1.73. The highest BCUT2D eigenvalue weighted by atomic mass is 16.5. The third-order valence-corrected chi connectivity index (χ3v) is 4.49. The van der Waals surface area contributed by atoms with Crippen LogP contribution in [0.1, 0.15) is 16.8 Å². The van der Waals surface area contributed by atoms with Crippen LogP contribution in [0, 0.1) is 18.3 Å².